The van der Waals surface area contributed by atoms with Gasteiger partial charge in [-0.25, -0.2) is 14.4 Å². The van der Waals surface area contributed by atoms with Crippen LogP contribution in [0.5, 0.6) is 0 Å². The molecule has 18 heavy (non-hydrogen) atoms. The Kier molecular flexibility index (Phi) is 3.47. The SMILES string of the molecule is Cc1cccc(F)c1Nc1nccnc1C(N)=S. The number of hydrogen-bond acceptors (Lipinski definition) is 4. The Labute approximate surface area is 109 Å². The van der Waals surface area contributed by atoms with Crippen molar-refractivity contribution in [2.24, 2.45) is 5.73 Å². The third-order valence-corrected chi connectivity index (χ3v) is 2.59. The van der Waals surface area contributed by atoms with E-state index in [1.807, 2.05) is 0 Å². The topological polar surface area (TPSA) is 63.8 Å². The lowest BCUT2D eigenvalue weighted by molar-refractivity contribution is 0.630. The highest BCUT2D eigenvalue weighted by Gasteiger charge is 2.11. The van der Waals surface area contributed by atoms with Gasteiger partial charge in [-0.1, -0.05) is 24.4 Å². The van der Waals surface area contributed by atoms with Crippen LogP contribution >= 0.6 is 12.2 Å². The van der Waals surface area contributed by atoms with Crippen LogP contribution in [0.15, 0.2) is 30.6 Å². The van der Waals surface area contributed by atoms with Gasteiger partial charge in [-0.3, -0.25) is 0 Å². The fraction of sp³-hybridized carbons (Fsp3) is 0.0833. The van der Waals surface area contributed by atoms with Gasteiger partial charge < -0.3 is 11.1 Å². The Morgan fingerprint density at radius 1 is 1.33 bits per heavy atom. The highest BCUT2D eigenvalue weighted by molar-refractivity contribution is 7.80. The molecule has 1 heterocycles. The molecule has 0 spiro atoms. The van der Waals surface area contributed by atoms with Crippen LogP contribution in [0.4, 0.5) is 15.9 Å². The smallest absolute Gasteiger partial charge is 0.159 e. The van der Waals surface area contributed by atoms with Gasteiger partial charge in [0.05, 0.1) is 5.69 Å². The summed E-state index contributed by atoms with van der Waals surface area (Å²) in [5.74, 6) is -0.0206. The zero-order valence-corrected chi connectivity index (χ0v) is 10.5. The van der Waals surface area contributed by atoms with Crippen molar-refractivity contribution in [3.63, 3.8) is 0 Å². The predicted molar refractivity (Wildman–Crippen MR) is 72.3 cm³/mol. The average molecular weight is 262 g/mol. The molecule has 0 aliphatic rings. The van der Waals surface area contributed by atoms with Crippen LogP contribution in [-0.4, -0.2) is 15.0 Å². The van der Waals surface area contributed by atoms with Crippen LogP contribution < -0.4 is 11.1 Å². The fourth-order valence-electron chi connectivity index (χ4n) is 1.52. The van der Waals surface area contributed by atoms with E-state index < -0.39 is 0 Å². The van der Waals surface area contributed by atoms with Gasteiger partial charge in [0, 0.05) is 12.4 Å². The van der Waals surface area contributed by atoms with Gasteiger partial charge >= 0.3 is 0 Å². The zero-order chi connectivity index (χ0) is 13.1. The van der Waals surface area contributed by atoms with Gasteiger partial charge in [-0.05, 0) is 18.6 Å². The zero-order valence-electron chi connectivity index (χ0n) is 9.64. The summed E-state index contributed by atoms with van der Waals surface area (Å²) in [4.78, 5) is 8.20. The molecule has 3 N–H and O–H groups in total. The molecule has 6 heteroatoms. The maximum Gasteiger partial charge on any atom is 0.159 e. The minimum Gasteiger partial charge on any atom is -0.388 e. The Morgan fingerprint density at radius 2 is 2.06 bits per heavy atom. The molecule has 0 bridgehead atoms. The monoisotopic (exact) mass is 262 g/mol. The molecule has 0 saturated heterocycles. The summed E-state index contributed by atoms with van der Waals surface area (Å²) in [6.07, 6.45) is 2.97. The quantitative estimate of drug-likeness (QED) is 0.831. The minimum absolute atomic E-state index is 0.111. The largest absolute Gasteiger partial charge is 0.388 e. The number of nitrogens with two attached hydrogens (primary N) is 1. The molecule has 0 fully saturated rings. The second-order valence-corrected chi connectivity index (χ2v) is 4.11. The van der Waals surface area contributed by atoms with E-state index in [1.165, 1.54) is 18.5 Å². The average Bonchev–Trinajstić information content (AvgIpc) is 2.34. The lowest BCUT2D eigenvalue weighted by Gasteiger charge is -2.11. The third-order valence-electron chi connectivity index (χ3n) is 2.40. The summed E-state index contributed by atoms with van der Waals surface area (Å²) >= 11 is 4.87. The maximum absolute atomic E-state index is 13.7. The van der Waals surface area contributed by atoms with E-state index in [0.29, 0.717) is 17.2 Å². The first-order chi connectivity index (χ1) is 8.59. The van der Waals surface area contributed by atoms with Crippen LogP contribution in [0.3, 0.4) is 0 Å². The molecule has 4 nitrogen and oxygen atoms in total. The molecule has 2 aromatic rings. The number of hydrogen-bond donors (Lipinski definition) is 2. The number of thiocarbonyl (C=S) groups is 1. The van der Waals surface area contributed by atoms with E-state index in [0.717, 1.165) is 5.56 Å². The number of nitrogens with zero attached hydrogens (tertiary/aromatic N) is 2. The van der Waals surface area contributed by atoms with Gasteiger partial charge in [0.15, 0.2) is 5.82 Å². The van der Waals surface area contributed by atoms with E-state index in [-0.39, 0.29) is 10.8 Å². The normalized spacial score (nSPS) is 10.1. The number of aromatic nitrogens is 2. The van der Waals surface area contributed by atoms with Gasteiger partial charge in [-0.15, -0.1) is 0 Å². The van der Waals surface area contributed by atoms with Gasteiger partial charge in [0.1, 0.15) is 16.5 Å². The first kappa shape index (κ1) is 12.4. The van der Waals surface area contributed by atoms with Crippen LogP contribution in [0.1, 0.15) is 11.3 Å². The summed E-state index contributed by atoms with van der Waals surface area (Å²) in [5.41, 5.74) is 6.98. The van der Waals surface area contributed by atoms with Gasteiger partial charge in [0.25, 0.3) is 0 Å². The summed E-state index contributed by atoms with van der Waals surface area (Å²) in [6.45, 7) is 1.79. The van der Waals surface area contributed by atoms with E-state index >= 15 is 0 Å². The highest BCUT2D eigenvalue weighted by atomic mass is 32.1. The molecule has 0 aliphatic heterocycles. The van der Waals surface area contributed by atoms with Gasteiger partial charge in [0.2, 0.25) is 0 Å². The summed E-state index contributed by atoms with van der Waals surface area (Å²) in [5, 5.41) is 2.87. The highest BCUT2D eigenvalue weighted by Crippen LogP contribution is 2.23. The first-order valence-corrected chi connectivity index (χ1v) is 5.63. The number of para-hydroxylation sites is 1. The number of rotatable bonds is 3. The van der Waals surface area contributed by atoms with Crippen LogP contribution in [0, 0.1) is 12.7 Å². The van der Waals surface area contributed by atoms with E-state index in [1.54, 1.807) is 19.1 Å². The minimum atomic E-state index is -0.366. The molecule has 92 valence electrons. The van der Waals surface area contributed by atoms with E-state index in [2.05, 4.69) is 15.3 Å². The van der Waals surface area contributed by atoms with E-state index in [4.69, 9.17) is 18.0 Å². The molecule has 0 amide bonds. The van der Waals surface area contributed by atoms with Crippen LogP contribution in [0.2, 0.25) is 0 Å². The molecule has 1 aromatic heterocycles. The van der Waals surface area contributed by atoms with Crippen molar-refractivity contribution >= 4 is 28.7 Å². The number of aryl methyl sites for hydroxylation is 1. The van der Waals surface area contributed by atoms with Gasteiger partial charge in [-0.2, -0.15) is 0 Å². The van der Waals surface area contributed by atoms with Crippen molar-refractivity contribution in [3.8, 4) is 0 Å². The lowest BCUT2D eigenvalue weighted by atomic mass is 10.2. The van der Waals surface area contributed by atoms with Crippen molar-refractivity contribution in [1.82, 2.24) is 9.97 Å². The number of halogens is 1. The lowest BCUT2D eigenvalue weighted by Crippen LogP contribution is -2.15. The third kappa shape index (κ3) is 2.43. The molecule has 2 rings (SSSR count). The Morgan fingerprint density at radius 3 is 2.72 bits per heavy atom. The molecular formula is C12H11FN4S. The maximum atomic E-state index is 13.7. The van der Waals surface area contributed by atoms with Crippen molar-refractivity contribution in [1.29, 1.82) is 0 Å². The Bertz CT molecular complexity index is 580. The summed E-state index contributed by atoms with van der Waals surface area (Å²) < 4.78 is 13.7. The molecular weight excluding hydrogens is 251 g/mol. The van der Waals surface area contributed by atoms with E-state index in [9.17, 15) is 4.39 Å². The van der Waals surface area contributed by atoms with Crippen molar-refractivity contribution in [2.75, 3.05) is 5.32 Å². The predicted octanol–water partition coefficient (Wildman–Crippen LogP) is 2.30. The molecule has 1 aromatic carbocycles. The molecule has 0 unspecified atom stereocenters. The standard InChI is InChI=1S/C12H11FN4S/c1-7-3-2-4-8(13)9(7)17-12-10(11(14)18)15-5-6-16-12/h2-6H,1H3,(H2,14,18)(H,16,17). The Hall–Kier alpha value is -2.08. The number of anilines is 2. The van der Waals surface area contributed by atoms with Crippen molar-refractivity contribution in [2.45, 2.75) is 6.92 Å². The Balaban J connectivity index is 2.43. The van der Waals surface area contributed by atoms with Crippen molar-refractivity contribution in [3.05, 3.63) is 47.7 Å². The summed E-state index contributed by atoms with van der Waals surface area (Å²) in [6, 6.07) is 4.80. The van der Waals surface area contributed by atoms with Crippen molar-refractivity contribution < 1.29 is 4.39 Å². The second-order valence-electron chi connectivity index (χ2n) is 3.67. The second kappa shape index (κ2) is 5.05. The number of nitrogens with one attached hydrogen (secondary N) is 1. The fourth-order valence-corrected chi connectivity index (χ4v) is 1.67. The van der Waals surface area contributed by atoms with Crippen LogP contribution in [-0.2, 0) is 0 Å². The molecule has 0 saturated carbocycles. The molecule has 0 aliphatic carbocycles. The van der Waals surface area contributed by atoms with Crippen LogP contribution in [0.25, 0.3) is 0 Å². The number of benzene rings is 1. The summed E-state index contributed by atoms with van der Waals surface area (Å²) in [7, 11) is 0. The first-order valence-electron chi connectivity index (χ1n) is 5.22. The molecule has 0 radical (unpaired) electrons. The molecule has 0 atom stereocenters.